The van der Waals surface area contributed by atoms with Crippen LogP contribution in [0.25, 0.3) is 0 Å². The number of hydrogen-bond donors (Lipinski definition) is 2. The molecule has 0 bridgehead atoms. The Labute approximate surface area is 124 Å². The Hall–Kier alpha value is -1.39. The monoisotopic (exact) mass is 287 g/mol. The molecule has 3 rings (SSSR count). The molecule has 1 aliphatic rings. The Morgan fingerprint density at radius 2 is 2.00 bits per heavy atom. The zero-order valence-corrected chi connectivity index (χ0v) is 12.8. The first-order valence-corrected chi connectivity index (χ1v) is 7.91. The summed E-state index contributed by atoms with van der Waals surface area (Å²) in [6.07, 6.45) is 4.37. The highest BCUT2D eigenvalue weighted by Gasteiger charge is 2.45. The summed E-state index contributed by atoms with van der Waals surface area (Å²) in [7, 11) is 0. The highest BCUT2D eigenvalue weighted by molar-refractivity contribution is 7.09. The summed E-state index contributed by atoms with van der Waals surface area (Å²) >= 11 is 1.71. The Morgan fingerprint density at radius 3 is 2.55 bits per heavy atom. The molecule has 1 fully saturated rings. The third-order valence-corrected chi connectivity index (χ3v) is 5.31. The SMILES string of the molecule is CC(C)(NCC1(c2ccc(N)cc2)CC1)c1nccs1. The van der Waals surface area contributed by atoms with Gasteiger partial charge in [0.15, 0.2) is 0 Å². The summed E-state index contributed by atoms with van der Waals surface area (Å²) in [5.41, 5.74) is 8.23. The van der Waals surface area contributed by atoms with E-state index in [0.717, 1.165) is 17.2 Å². The second kappa shape index (κ2) is 4.86. The van der Waals surface area contributed by atoms with Crippen LogP contribution in [0, 0.1) is 0 Å². The molecule has 2 aromatic rings. The average Bonchev–Trinajstić information content (AvgIpc) is 3.00. The van der Waals surface area contributed by atoms with Crippen molar-refractivity contribution in [1.29, 1.82) is 0 Å². The van der Waals surface area contributed by atoms with E-state index < -0.39 is 0 Å². The zero-order valence-electron chi connectivity index (χ0n) is 12.0. The lowest BCUT2D eigenvalue weighted by atomic mass is 9.94. The molecule has 1 aromatic heterocycles. The van der Waals surface area contributed by atoms with E-state index in [9.17, 15) is 0 Å². The molecule has 0 atom stereocenters. The van der Waals surface area contributed by atoms with E-state index in [1.165, 1.54) is 18.4 Å². The molecule has 106 valence electrons. The van der Waals surface area contributed by atoms with Gasteiger partial charge in [-0.25, -0.2) is 4.98 Å². The van der Waals surface area contributed by atoms with Gasteiger partial charge >= 0.3 is 0 Å². The number of hydrogen-bond acceptors (Lipinski definition) is 4. The van der Waals surface area contributed by atoms with E-state index in [1.807, 2.05) is 23.7 Å². The number of nitrogens with one attached hydrogen (secondary N) is 1. The van der Waals surface area contributed by atoms with Crippen LogP contribution in [-0.2, 0) is 11.0 Å². The smallest absolute Gasteiger partial charge is 0.112 e. The maximum absolute atomic E-state index is 5.78. The van der Waals surface area contributed by atoms with Crippen molar-refractivity contribution in [2.45, 2.75) is 37.6 Å². The fourth-order valence-electron chi connectivity index (χ4n) is 2.55. The Bertz CT molecular complexity index is 568. The van der Waals surface area contributed by atoms with Crippen molar-refractivity contribution < 1.29 is 0 Å². The van der Waals surface area contributed by atoms with Gasteiger partial charge in [-0.3, -0.25) is 0 Å². The first-order valence-electron chi connectivity index (χ1n) is 7.03. The fourth-order valence-corrected chi connectivity index (χ4v) is 3.29. The summed E-state index contributed by atoms with van der Waals surface area (Å²) in [5.74, 6) is 0. The lowest BCUT2D eigenvalue weighted by Crippen LogP contribution is -2.41. The van der Waals surface area contributed by atoms with Crippen LogP contribution in [0.3, 0.4) is 0 Å². The van der Waals surface area contributed by atoms with Crippen LogP contribution < -0.4 is 11.1 Å². The van der Waals surface area contributed by atoms with E-state index >= 15 is 0 Å². The number of nitrogens with two attached hydrogens (primary N) is 1. The summed E-state index contributed by atoms with van der Waals surface area (Å²) in [6, 6.07) is 8.34. The van der Waals surface area contributed by atoms with E-state index in [2.05, 4.69) is 36.3 Å². The average molecular weight is 287 g/mol. The van der Waals surface area contributed by atoms with Crippen molar-refractivity contribution in [3.05, 3.63) is 46.4 Å². The van der Waals surface area contributed by atoms with Gasteiger partial charge < -0.3 is 11.1 Å². The second-order valence-corrected chi connectivity index (χ2v) is 7.11. The minimum Gasteiger partial charge on any atom is -0.399 e. The Balaban J connectivity index is 1.70. The number of benzene rings is 1. The van der Waals surface area contributed by atoms with Crippen molar-refractivity contribution in [3.8, 4) is 0 Å². The lowest BCUT2D eigenvalue weighted by molar-refractivity contribution is 0.378. The van der Waals surface area contributed by atoms with E-state index in [4.69, 9.17) is 5.73 Å². The quantitative estimate of drug-likeness (QED) is 0.830. The summed E-state index contributed by atoms with van der Waals surface area (Å²) in [6.45, 7) is 5.39. The van der Waals surface area contributed by atoms with Gasteiger partial charge in [0.25, 0.3) is 0 Å². The first kappa shape index (κ1) is 13.6. The predicted octanol–water partition coefficient (Wildman–Crippen LogP) is 3.28. The maximum Gasteiger partial charge on any atom is 0.112 e. The third kappa shape index (κ3) is 2.58. The van der Waals surface area contributed by atoms with Crippen LogP contribution in [0.15, 0.2) is 35.8 Å². The number of nitrogens with zero attached hydrogens (tertiary/aromatic N) is 1. The van der Waals surface area contributed by atoms with Crippen LogP contribution in [0.1, 0.15) is 37.3 Å². The highest BCUT2D eigenvalue weighted by Crippen LogP contribution is 2.48. The summed E-state index contributed by atoms with van der Waals surface area (Å²) in [4.78, 5) is 4.43. The maximum atomic E-state index is 5.78. The van der Waals surface area contributed by atoms with Crippen LogP contribution in [-0.4, -0.2) is 11.5 Å². The minimum atomic E-state index is -0.0719. The Morgan fingerprint density at radius 1 is 1.30 bits per heavy atom. The molecule has 20 heavy (non-hydrogen) atoms. The topological polar surface area (TPSA) is 50.9 Å². The van der Waals surface area contributed by atoms with Gasteiger partial charge in [-0.2, -0.15) is 0 Å². The highest BCUT2D eigenvalue weighted by atomic mass is 32.1. The third-order valence-electron chi connectivity index (χ3n) is 4.21. The van der Waals surface area contributed by atoms with Gasteiger partial charge in [0.05, 0.1) is 5.54 Å². The number of anilines is 1. The zero-order chi connectivity index (χ0) is 14.2. The number of nitrogen functional groups attached to an aromatic ring is 1. The van der Waals surface area contributed by atoms with E-state index in [0.29, 0.717) is 5.41 Å². The van der Waals surface area contributed by atoms with Crippen molar-refractivity contribution in [3.63, 3.8) is 0 Å². The van der Waals surface area contributed by atoms with Gasteiger partial charge in [0.1, 0.15) is 5.01 Å². The van der Waals surface area contributed by atoms with Gasteiger partial charge in [0.2, 0.25) is 0 Å². The van der Waals surface area contributed by atoms with Crippen LogP contribution in [0.4, 0.5) is 5.69 Å². The molecule has 4 heteroatoms. The predicted molar refractivity (Wildman–Crippen MR) is 84.9 cm³/mol. The number of thiazole rings is 1. The molecule has 1 aliphatic carbocycles. The molecular weight excluding hydrogens is 266 g/mol. The molecular formula is C16H21N3S. The number of aromatic nitrogens is 1. The molecule has 0 saturated heterocycles. The molecule has 0 aliphatic heterocycles. The van der Waals surface area contributed by atoms with Crippen molar-refractivity contribution in [2.24, 2.45) is 0 Å². The largest absolute Gasteiger partial charge is 0.399 e. The summed E-state index contributed by atoms with van der Waals surface area (Å²) in [5, 5.41) is 6.87. The van der Waals surface area contributed by atoms with E-state index in [-0.39, 0.29) is 5.54 Å². The first-order chi connectivity index (χ1) is 9.52. The molecule has 0 amide bonds. The van der Waals surface area contributed by atoms with Gasteiger partial charge in [-0.05, 0) is 44.4 Å². The molecule has 3 N–H and O–H groups in total. The molecule has 1 saturated carbocycles. The second-order valence-electron chi connectivity index (χ2n) is 6.22. The van der Waals surface area contributed by atoms with Crippen molar-refractivity contribution in [2.75, 3.05) is 12.3 Å². The van der Waals surface area contributed by atoms with Gasteiger partial charge in [-0.1, -0.05) is 12.1 Å². The molecule has 1 heterocycles. The normalized spacial score (nSPS) is 17.1. The molecule has 1 aromatic carbocycles. The van der Waals surface area contributed by atoms with Crippen molar-refractivity contribution >= 4 is 17.0 Å². The number of rotatable bonds is 5. The van der Waals surface area contributed by atoms with E-state index in [1.54, 1.807) is 11.3 Å². The van der Waals surface area contributed by atoms with Crippen molar-refractivity contribution in [1.82, 2.24) is 10.3 Å². The lowest BCUT2D eigenvalue weighted by Gasteiger charge is -2.27. The standard InChI is InChI=1S/C16H21N3S/c1-15(2,14-18-9-10-20-14)19-11-16(7-8-16)12-3-5-13(17)6-4-12/h3-6,9-10,19H,7-8,11,17H2,1-2H3. The van der Waals surface area contributed by atoms with Gasteiger partial charge in [0, 0.05) is 29.2 Å². The van der Waals surface area contributed by atoms with Crippen LogP contribution in [0.2, 0.25) is 0 Å². The van der Waals surface area contributed by atoms with Crippen LogP contribution >= 0.6 is 11.3 Å². The molecule has 0 radical (unpaired) electrons. The Kier molecular flexibility index (Phi) is 3.30. The minimum absolute atomic E-state index is 0.0719. The van der Waals surface area contributed by atoms with Gasteiger partial charge in [-0.15, -0.1) is 11.3 Å². The molecule has 0 unspecified atom stereocenters. The van der Waals surface area contributed by atoms with Crippen LogP contribution in [0.5, 0.6) is 0 Å². The molecule has 3 nitrogen and oxygen atoms in total. The summed E-state index contributed by atoms with van der Waals surface area (Å²) < 4.78 is 0. The fraction of sp³-hybridized carbons (Fsp3) is 0.438. The molecule has 0 spiro atoms.